The van der Waals surface area contributed by atoms with Gasteiger partial charge in [-0.25, -0.2) is 0 Å². The summed E-state index contributed by atoms with van der Waals surface area (Å²) in [7, 11) is 1.84. The summed E-state index contributed by atoms with van der Waals surface area (Å²) in [5, 5.41) is 3.85. The normalized spacial score (nSPS) is 7.00. The maximum atomic E-state index is 3.85. The Morgan fingerprint density at radius 2 is 2.00 bits per heavy atom. The van der Waals surface area contributed by atoms with Crippen molar-refractivity contribution in [1.82, 2.24) is 0 Å². The first kappa shape index (κ1) is 9.95. The fraction of sp³-hybridized carbons (Fsp3) is 1.00. The molecule has 0 bridgehead atoms. The van der Waals surface area contributed by atoms with E-state index in [2.05, 4.69) is 12.2 Å². The second-order valence-corrected chi connectivity index (χ2v) is 1.04. The van der Waals surface area contributed by atoms with Gasteiger partial charge in [-0.3, -0.25) is 0 Å². The predicted molar refractivity (Wildman–Crippen MR) is 24.4 cm³/mol. The quantitative estimate of drug-likeness (QED) is 0.658. The van der Waals surface area contributed by atoms with Crippen molar-refractivity contribution in [1.29, 1.82) is 0 Å². The molecular weight excluding hydrogens is 241 g/mol. The van der Waals surface area contributed by atoms with Crippen LogP contribution in [0.3, 0.4) is 0 Å². The first-order valence-corrected chi connectivity index (χ1v) is 1.97. The van der Waals surface area contributed by atoms with Crippen LogP contribution in [0, 0.1) is 0 Å². The van der Waals surface area contributed by atoms with Gasteiger partial charge in [0.2, 0.25) is 0 Å². The molecule has 0 unspecified atom stereocenters. The topological polar surface area (TPSA) is 14.1 Å². The SMILES string of the molecule is CCC[N-]C.[Hf]. The average Bonchev–Trinajstić information content (AvgIpc) is 1.41. The van der Waals surface area contributed by atoms with E-state index in [0.29, 0.717) is 0 Å². The monoisotopic (exact) mass is 252 g/mol. The van der Waals surface area contributed by atoms with Crippen molar-refractivity contribution in [2.24, 2.45) is 0 Å². The third kappa shape index (κ3) is 8.85. The molecule has 0 aliphatic heterocycles. The summed E-state index contributed by atoms with van der Waals surface area (Å²) >= 11 is 0. The molecule has 0 atom stereocenters. The van der Waals surface area contributed by atoms with E-state index in [4.69, 9.17) is 0 Å². The fourth-order valence-electron chi connectivity index (χ4n) is 0.224. The summed E-state index contributed by atoms with van der Waals surface area (Å²) in [5.41, 5.74) is 0. The van der Waals surface area contributed by atoms with Crippen LogP contribution in [0.1, 0.15) is 13.3 Å². The summed E-state index contributed by atoms with van der Waals surface area (Å²) in [6.45, 7) is 3.13. The Balaban J connectivity index is 0. The summed E-state index contributed by atoms with van der Waals surface area (Å²) < 4.78 is 0. The first-order chi connectivity index (χ1) is 2.41. The van der Waals surface area contributed by atoms with E-state index in [1.807, 2.05) is 7.05 Å². The molecule has 0 radical (unpaired) electrons. The summed E-state index contributed by atoms with van der Waals surface area (Å²) in [6.07, 6.45) is 1.18. The number of hydrogen-bond donors (Lipinski definition) is 0. The molecule has 0 fully saturated rings. The van der Waals surface area contributed by atoms with Crippen LogP contribution in [0.4, 0.5) is 0 Å². The summed E-state index contributed by atoms with van der Waals surface area (Å²) in [4.78, 5) is 0. The molecule has 0 aromatic carbocycles. The van der Waals surface area contributed by atoms with Gasteiger partial charge in [0, 0.05) is 25.8 Å². The Bertz CT molecular complexity index is 15.0. The average molecular weight is 251 g/mol. The zero-order chi connectivity index (χ0) is 4.12. The predicted octanol–water partition coefficient (Wildman–Crippen LogP) is 1.40. The van der Waals surface area contributed by atoms with Crippen molar-refractivity contribution < 1.29 is 25.8 Å². The van der Waals surface area contributed by atoms with Gasteiger partial charge in [-0.05, 0) is 0 Å². The first-order valence-electron chi connectivity index (χ1n) is 1.97. The van der Waals surface area contributed by atoms with Gasteiger partial charge in [-0.2, -0.15) is 7.05 Å². The Labute approximate surface area is 58.3 Å². The second kappa shape index (κ2) is 9.27. The standard InChI is InChI=1S/C4H10N.Hf/c1-3-4-5-2;/h3-4H2,1-2H3;/q-1;. The minimum absolute atomic E-state index is 0. The van der Waals surface area contributed by atoms with Crippen LogP contribution < -0.4 is 0 Å². The Kier molecular flexibility index (Phi) is 15.4. The maximum absolute atomic E-state index is 3.85. The third-order valence-electron chi connectivity index (χ3n) is 0.447. The van der Waals surface area contributed by atoms with Gasteiger partial charge in [-0.15, -0.1) is 6.54 Å². The molecular formula is C4H10HfN-. The van der Waals surface area contributed by atoms with Crippen molar-refractivity contribution in [2.45, 2.75) is 13.3 Å². The molecule has 0 aliphatic rings. The van der Waals surface area contributed by atoms with E-state index in [9.17, 15) is 0 Å². The number of nitrogens with zero attached hydrogens (tertiary/aromatic N) is 1. The molecule has 0 aromatic rings. The molecule has 1 nitrogen and oxygen atoms in total. The van der Waals surface area contributed by atoms with Gasteiger partial charge >= 0.3 is 0 Å². The van der Waals surface area contributed by atoms with Gasteiger partial charge < -0.3 is 5.32 Å². The zero-order valence-corrected chi connectivity index (χ0v) is 7.95. The van der Waals surface area contributed by atoms with E-state index in [-0.39, 0.29) is 25.8 Å². The van der Waals surface area contributed by atoms with E-state index >= 15 is 0 Å². The van der Waals surface area contributed by atoms with Crippen LogP contribution in [-0.2, 0) is 25.8 Å². The molecule has 0 N–H and O–H groups in total. The fourth-order valence-corrected chi connectivity index (χ4v) is 0.224. The third-order valence-corrected chi connectivity index (χ3v) is 0.447. The largest absolute Gasteiger partial charge is 0.665 e. The van der Waals surface area contributed by atoms with Crippen molar-refractivity contribution in [3.8, 4) is 0 Å². The van der Waals surface area contributed by atoms with Crippen LogP contribution in [0.5, 0.6) is 0 Å². The van der Waals surface area contributed by atoms with E-state index in [1.54, 1.807) is 0 Å². The minimum atomic E-state index is 0. The van der Waals surface area contributed by atoms with Gasteiger partial charge in [0.15, 0.2) is 0 Å². The summed E-state index contributed by atoms with van der Waals surface area (Å²) in [6, 6.07) is 0. The van der Waals surface area contributed by atoms with E-state index < -0.39 is 0 Å². The second-order valence-electron chi connectivity index (χ2n) is 1.04. The Morgan fingerprint density at radius 1 is 1.50 bits per heavy atom. The Morgan fingerprint density at radius 3 is 2.00 bits per heavy atom. The molecule has 0 saturated heterocycles. The number of hydrogen-bond acceptors (Lipinski definition) is 0. The minimum Gasteiger partial charge on any atom is -0.665 e. The van der Waals surface area contributed by atoms with Crippen LogP contribution in [-0.4, -0.2) is 13.6 Å². The number of rotatable bonds is 2. The molecule has 0 rings (SSSR count). The molecule has 36 valence electrons. The molecule has 0 aliphatic carbocycles. The van der Waals surface area contributed by atoms with Crippen molar-refractivity contribution in [3.63, 3.8) is 0 Å². The molecule has 0 spiro atoms. The van der Waals surface area contributed by atoms with Crippen molar-refractivity contribution >= 4 is 0 Å². The van der Waals surface area contributed by atoms with Crippen LogP contribution in [0.2, 0.25) is 0 Å². The van der Waals surface area contributed by atoms with Crippen LogP contribution >= 0.6 is 0 Å². The van der Waals surface area contributed by atoms with Gasteiger partial charge in [0.05, 0.1) is 0 Å². The maximum Gasteiger partial charge on any atom is 0 e. The van der Waals surface area contributed by atoms with Crippen LogP contribution in [0.15, 0.2) is 0 Å². The smallest absolute Gasteiger partial charge is 0 e. The van der Waals surface area contributed by atoms with Crippen molar-refractivity contribution in [2.75, 3.05) is 13.6 Å². The van der Waals surface area contributed by atoms with Gasteiger partial charge in [0.1, 0.15) is 0 Å². The van der Waals surface area contributed by atoms with E-state index in [1.165, 1.54) is 6.42 Å². The van der Waals surface area contributed by atoms with Crippen molar-refractivity contribution in [3.05, 3.63) is 5.32 Å². The molecule has 0 heterocycles. The molecule has 0 saturated carbocycles. The van der Waals surface area contributed by atoms with Gasteiger partial charge in [0.25, 0.3) is 0 Å². The molecule has 0 aromatic heterocycles. The molecule has 0 amide bonds. The molecule has 2 heteroatoms. The Hall–Kier alpha value is 0.830. The molecule has 6 heavy (non-hydrogen) atoms. The zero-order valence-electron chi connectivity index (χ0n) is 4.36. The van der Waals surface area contributed by atoms with E-state index in [0.717, 1.165) is 6.54 Å². The van der Waals surface area contributed by atoms with Crippen LogP contribution in [0.25, 0.3) is 5.32 Å². The van der Waals surface area contributed by atoms with Gasteiger partial charge in [-0.1, -0.05) is 13.3 Å². The summed E-state index contributed by atoms with van der Waals surface area (Å²) in [5.74, 6) is 0.